The lowest BCUT2D eigenvalue weighted by molar-refractivity contribution is 0.0512. The van der Waals surface area contributed by atoms with Crippen LogP contribution in [0.2, 0.25) is 0 Å². The zero-order valence-corrected chi connectivity index (χ0v) is 30.6. The van der Waals surface area contributed by atoms with Gasteiger partial charge in [0.2, 0.25) is 0 Å². The van der Waals surface area contributed by atoms with Crippen LogP contribution in [-0.2, 0) is 22.6 Å². The van der Waals surface area contributed by atoms with E-state index in [-0.39, 0.29) is 18.5 Å². The zero-order valence-electron chi connectivity index (χ0n) is 30.6. The highest BCUT2D eigenvalue weighted by molar-refractivity contribution is 6.03. The van der Waals surface area contributed by atoms with Gasteiger partial charge >= 0.3 is 12.2 Å². The molecule has 3 amide bonds. The van der Waals surface area contributed by atoms with E-state index in [1.807, 2.05) is 103 Å². The molecule has 0 radical (unpaired) electrons. The molecule has 0 aliphatic heterocycles. The van der Waals surface area contributed by atoms with Gasteiger partial charge in [0.05, 0.1) is 17.4 Å². The molecule has 0 bridgehead atoms. The molecule has 1 heterocycles. The Morgan fingerprint density at radius 3 is 1.96 bits per heavy atom. The van der Waals surface area contributed by atoms with Crippen LogP contribution < -0.4 is 21.3 Å². The SMILES string of the molecule is Cc1cc(C(=O)Nc2cccc(C(NCC3CC3)c3cccc(CNC(=O)OC(C)(C)C)c3)c2)n(-c2cccc(CNC(=O)OC(C)(C)C)c2)n1. The summed E-state index contributed by atoms with van der Waals surface area (Å²) in [5.74, 6) is 0.352. The molecule has 51 heavy (non-hydrogen) atoms. The van der Waals surface area contributed by atoms with Crippen LogP contribution in [0, 0.1) is 12.8 Å². The van der Waals surface area contributed by atoms with Gasteiger partial charge in [0, 0.05) is 18.8 Å². The molecule has 1 atom stereocenters. The van der Waals surface area contributed by atoms with Gasteiger partial charge in [0.25, 0.3) is 5.91 Å². The molecule has 1 saturated carbocycles. The predicted molar refractivity (Wildman–Crippen MR) is 198 cm³/mol. The van der Waals surface area contributed by atoms with Gasteiger partial charge in [-0.3, -0.25) is 4.79 Å². The Morgan fingerprint density at radius 2 is 1.35 bits per heavy atom. The highest BCUT2D eigenvalue weighted by Crippen LogP contribution is 2.31. The molecule has 3 aromatic carbocycles. The Kier molecular flexibility index (Phi) is 11.5. The number of carbonyl (C=O) groups is 3. The maximum Gasteiger partial charge on any atom is 0.407 e. The van der Waals surface area contributed by atoms with Gasteiger partial charge in [-0.2, -0.15) is 5.10 Å². The van der Waals surface area contributed by atoms with E-state index in [1.54, 1.807) is 10.7 Å². The number of nitrogens with one attached hydrogen (secondary N) is 4. The molecule has 4 aromatic rings. The number of ether oxygens (including phenoxy) is 2. The summed E-state index contributed by atoms with van der Waals surface area (Å²) in [5, 5.41) is 17.1. The van der Waals surface area contributed by atoms with Gasteiger partial charge in [-0.1, -0.05) is 48.5 Å². The topological polar surface area (TPSA) is 136 Å². The first-order valence-electron chi connectivity index (χ1n) is 17.4. The van der Waals surface area contributed by atoms with E-state index >= 15 is 0 Å². The van der Waals surface area contributed by atoms with Crippen molar-refractivity contribution < 1.29 is 23.9 Å². The Balaban J connectivity index is 1.32. The molecule has 0 spiro atoms. The Labute approximate surface area is 300 Å². The molecule has 11 nitrogen and oxygen atoms in total. The minimum Gasteiger partial charge on any atom is -0.444 e. The van der Waals surface area contributed by atoms with Crippen LogP contribution in [0.4, 0.5) is 15.3 Å². The maximum absolute atomic E-state index is 13.8. The number of rotatable bonds is 12. The van der Waals surface area contributed by atoms with E-state index in [0.717, 1.165) is 28.8 Å². The number of hydrogen-bond acceptors (Lipinski definition) is 7. The van der Waals surface area contributed by atoms with Gasteiger partial charge in [-0.25, -0.2) is 14.3 Å². The standard InChI is InChI=1S/C40H50N6O5/c1-26-19-34(46(45-26)33-16-9-12-29(21-33)25-43-38(49)51-40(5,6)7)36(47)44-32-15-10-14-31(22-32)35(41-23-27-17-18-27)30-13-8-11-28(20-30)24-42-37(48)50-39(2,3)4/h8-16,19-22,27,35,41H,17-18,23-25H2,1-7H3,(H,42,48)(H,43,49)(H,44,47). The van der Waals surface area contributed by atoms with Crippen LogP contribution in [0.1, 0.15) is 98.9 Å². The lowest BCUT2D eigenvalue weighted by Gasteiger charge is -2.22. The number of aromatic nitrogens is 2. The first-order valence-corrected chi connectivity index (χ1v) is 17.4. The molecule has 1 unspecified atom stereocenters. The summed E-state index contributed by atoms with van der Waals surface area (Å²) < 4.78 is 12.4. The molecule has 0 saturated heterocycles. The van der Waals surface area contributed by atoms with Crippen LogP contribution in [0.3, 0.4) is 0 Å². The van der Waals surface area contributed by atoms with Gasteiger partial charge in [0.15, 0.2) is 0 Å². The molecular formula is C40H50N6O5. The normalized spacial score (nSPS) is 13.6. The first-order chi connectivity index (χ1) is 24.1. The van der Waals surface area contributed by atoms with Gasteiger partial charge in [-0.05, 0) is 126 Å². The fourth-order valence-electron chi connectivity index (χ4n) is 5.54. The fraction of sp³-hybridized carbons (Fsp3) is 0.400. The first kappa shape index (κ1) is 37.1. The summed E-state index contributed by atoms with van der Waals surface area (Å²) in [7, 11) is 0. The summed E-state index contributed by atoms with van der Waals surface area (Å²) in [5.41, 5.74) is 5.08. The van der Waals surface area contributed by atoms with Crippen LogP contribution in [-0.4, -0.2) is 45.6 Å². The molecule has 4 N–H and O–H groups in total. The van der Waals surface area contributed by atoms with Gasteiger partial charge < -0.3 is 30.7 Å². The largest absolute Gasteiger partial charge is 0.444 e. The summed E-state index contributed by atoms with van der Waals surface area (Å²) in [4.78, 5) is 38.3. The Hall–Kier alpha value is -5.16. The lowest BCUT2D eigenvalue weighted by Crippen LogP contribution is -2.32. The highest BCUT2D eigenvalue weighted by Gasteiger charge is 2.25. The second-order valence-electron chi connectivity index (χ2n) is 15.1. The molecule has 1 aliphatic rings. The van der Waals surface area contributed by atoms with Crippen molar-refractivity contribution >= 4 is 23.8 Å². The number of alkyl carbamates (subject to hydrolysis) is 2. The molecule has 1 aromatic heterocycles. The quantitative estimate of drug-likeness (QED) is 0.120. The lowest BCUT2D eigenvalue weighted by atomic mass is 9.96. The summed E-state index contributed by atoms with van der Waals surface area (Å²) in [6.07, 6.45) is 1.47. The minimum atomic E-state index is -0.596. The van der Waals surface area contributed by atoms with Crippen molar-refractivity contribution in [2.24, 2.45) is 5.92 Å². The summed E-state index contributed by atoms with van der Waals surface area (Å²) >= 11 is 0. The van der Waals surface area contributed by atoms with Crippen molar-refractivity contribution in [1.29, 1.82) is 0 Å². The molecule has 1 aliphatic carbocycles. The minimum absolute atomic E-state index is 0.131. The van der Waals surface area contributed by atoms with E-state index < -0.39 is 23.4 Å². The number of anilines is 1. The number of benzene rings is 3. The van der Waals surface area contributed by atoms with Crippen LogP contribution >= 0.6 is 0 Å². The molecule has 11 heteroatoms. The van der Waals surface area contributed by atoms with Crippen molar-refractivity contribution in [3.05, 3.63) is 113 Å². The monoisotopic (exact) mass is 694 g/mol. The predicted octanol–water partition coefficient (Wildman–Crippen LogP) is 7.57. The fourth-order valence-corrected chi connectivity index (χ4v) is 5.54. The van der Waals surface area contributed by atoms with Crippen LogP contribution in [0.5, 0.6) is 0 Å². The van der Waals surface area contributed by atoms with Crippen molar-refractivity contribution in [2.45, 2.75) is 91.6 Å². The van der Waals surface area contributed by atoms with Crippen LogP contribution in [0.15, 0.2) is 78.9 Å². The second kappa shape index (κ2) is 15.8. The third-order valence-electron chi connectivity index (χ3n) is 7.96. The number of carbonyl (C=O) groups excluding carboxylic acids is 3. The zero-order chi connectivity index (χ0) is 36.8. The average Bonchev–Trinajstić information content (AvgIpc) is 3.80. The smallest absolute Gasteiger partial charge is 0.407 e. The van der Waals surface area contributed by atoms with Gasteiger partial charge in [-0.15, -0.1) is 0 Å². The third-order valence-corrected chi connectivity index (χ3v) is 7.96. The highest BCUT2D eigenvalue weighted by atomic mass is 16.6. The van der Waals surface area contributed by atoms with Crippen LogP contribution in [0.25, 0.3) is 5.69 Å². The summed E-state index contributed by atoms with van der Waals surface area (Å²) in [6.45, 7) is 14.3. The molecular weight excluding hydrogens is 644 g/mol. The number of aryl methyl sites for hydroxylation is 1. The Morgan fingerprint density at radius 1 is 0.784 bits per heavy atom. The van der Waals surface area contributed by atoms with E-state index in [4.69, 9.17) is 9.47 Å². The van der Waals surface area contributed by atoms with E-state index in [0.29, 0.717) is 35.2 Å². The van der Waals surface area contributed by atoms with E-state index in [2.05, 4.69) is 44.6 Å². The second-order valence-corrected chi connectivity index (χ2v) is 15.1. The van der Waals surface area contributed by atoms with Gasteiger partial charge in [0.1, 0.15) is 16.9 Å². The molecule has 5 rings (SSSR count). The maximum atomic E-state index is 13.8. The van der Waals surface area contributed by atoms with E-state index in [9.17, 15) is 14.4 Å². The number of amides is 3. The van der Waals surface area contributed by atoms with Crippen molar-refractivity contribution in [2.75, 3.05) is 11.9 Å². The third kappa shape index (κ3) is 11.4. The van der Waals surface area contributed by atoms with Crippen molar-refractivity contribution in [1.82, 2.24) is 25.7 Å². The molecule has 270 valence electrons. The number of nitrogens with zero attached hydrogens (tertiary/aromatic N) is 2. The van der Waals surface area contributed by atoms with Crippen molar-refractivity contribution in [3.8, 4) is 5.69 Å². The van der Waals surface area contributed by atoms with E-state index in [1.165, 1.54) is 12.8 Å². The average molecular weight is 695 g/mol. The molecule has 1 fully saturated rings. The number of hydrogen-bond donors (Lipinski definition) is 4. The van der Waals surface area contributed by atoms with Crippen molar-refractivity contribution in [3.63, 3.8) is 0 Å². The summed E-state index contributed by atoms with van der Waals surface area (Å²) in [6, 6.07) is 25.1. The Bertz CT molecular complexity index is 1850.